The van der Waals surface area contributed by atoms with Crippen molar-refractivity contribution in [2.24, 2.45) is 0 Å². The van der Waals surface area contributed by atoms with E-state index in [1.165, 1.54) is 0 Å². The van der Waals surface area contributed by atoms with Crippen molar-refractivity contribution in [1.29, 1.82) is 0 Å². The Labute approximate surface area is 165 Å². The first kappa shape index (κ1) is 20.0. The molecule has 2 heterocycles. The van der Waals surface area contributed by atoms with Crippen LogP contribution in [0.4, 0.5) is 0 Å². The second kappa shape index (κ2) is 9.44. The third kappa shape index (κ3) is 4.75. The van der Waals surface area contributed by atoms with Crippen LogP contribution in [0.5, 0.6) is 11.5 Å². The molecule has 6 nitrogen and oxygen atoms in total. The largest absolute Gasteiger partial charge is 0.493 e. The molecule has 0 amide bonds. The predicted octanol–water partition coefficient (Wildman–Crippen LogP) is 3.97. The van der Waals surface area contributed by atoms with E-state index in [1.807, 2.05) is 29.9 Å². The maximum absolute atomic E-state index is 6.39. The highest BCUT2D eigenvalue weighted by atomic mass is 35.5. The van der Waals surface area contributed by atoms with Crippen LogP contribution < -0.4 is 14.8 Å². The first-order valence-corrected chi connectivity index (χ1v) is 9.90. The van der Waals surface area contributed by atoms with Crippen molar-refractivity contribution in [1.82, 2.24) is 15.1 Å². The van der Waals surface area contributed by atoms with Crippen molar-refractivity contribution in [2.75, 3.05) is 20.3 Å². The molecule has 0 unspecified atom stereocenters. The Kier molecular flexibility index (Phi) is 6.99. The fourth-order valence-electron chi connectivity index (χ4n) is 3.43. The van der Waals surface area contributed by atoms with Crippen molar-refractivity contribution in [3.63, 3.8) is 0 Å². The highest BCUT2D eigenvalue weighted by molar-refractivity contribution is 6.32. The number of halogens is 1. The van der Waals surface area contributed by atoms with Gasteiger partial charge in [-0.15, -0.1) is 0 Å². The SMILES string of the molecule is CCOc1c(Cl)cc(CN[C@H]2CCCO[C@@H]2c2cnn(CC)c2)cc1OC. The molecular weight excluding hydrogens is 366 g/mol. The molecule has 27 heavy (non-hydrogen) atoms. The summed E-state index contributed by atoms with van der Waals surface area (Å²) in [5, 5.41) is 8.58. The van der Waals surface area contributed by atoms with Crippen molar-refractivity contribution in [2.45, 2.75) is 51.9 Å². The number of methoxy groups -OCH3 is 1. The lowest BCUT2D eigenvalue weighted by molar-refractivity contribution is -0.0112. The van der Waals surface area contributed by atoms with Gasteiger partial charge in [0.05, 0.1) is 24.9 Å². The first-order valence-electron chi connectivity index (χ1n) is 9.52. The van der Waals surface area contributed by atoms with Gasteiger partial charge in [0.2, 0.25) is 0 Å². The summed E-state index contributed by atoms with van der Waals surface area (Å²) < 4.78 is 19.0. The van der Waals surface area contributed by atoms with E-state index in [0.29, 0.717) is 29.7 Å². The van der Waals surface area contributed by atoms with Crippen LogP contribution in [-0.2, 0) is 17.8 Å². The van der Waals surface area contributed by atoms with E-state index in [9.17, 15) is 0 Å². The molecule has 1 aromatic heterocycles. The topological polar surface area (TPSA) is 57.5 Å². The summed E-state index contributed by atoms with van der Waals surface area (Å²) >= 11 is 6.39. The van der Waals surface area contributed by atoms with Gasteiger partial charge in [0, 0.05) is 37.5 Å². The molecule has 1 fully saturated rings. The standard InChI is InChI=1S/C20H28ClN3O3/c1-4-24-13-15(12-23-24)19-17(7-6-8-27-19)22-11-14-9-16(21)20(26-5-2)18(10-14)25-3/h9-10,12-13,17,19,22H,4-8,11H2,1-3H3/t17-,19+/m0/s1. The molecule has 0 aliphatic carbocycles. The highest BCUT2D eigenvalue weighted by Gasteiger charge is 2.28. The van der Waals surface area contributed by atoms with Gasteiger partial charge in [0.15, 0.2) is 11.5 Å². The summed E-state index contributed by atoms with van der Waals surface area (Å²) in [4.78, 5) is 0. The number of aryl methyl sites for hydroxylation is 1. The normalized spacial score (nSPS) is 19.9. The van der Waals surface area contributed by atoms with E-state index in [-0.39, 0.29) is 12.1 Å². The maximum atomic E-state index is 6.39. The lowest BCUT2D eigenvalue weighted by atomic mass is 9.98. The minimum atomic E-state index is 0.0131. The Morgan fingerprint density at radius 3 is 2.93 bits per heavy atom. The number of hydrogen-bond donors (Lipinski definition) is 1. The lowest BCUT2D eigenvalue weighted by Crippen LogP contribution is -2.39. The highest BCUT2D eigenvalue weighted by Crippen LogP contribution is 2.36. The van der Waals surface area contributed by atoms with Gasteiger partial charge >= 0.3 is 0 Å². The van der Waals surface area contributed by atoms with Crippen LogP contribution in [0.15, 0.2) is 24.5 Å². The zero-order valence-corrected chi connectivity index (χ0v) is 17.0. The maximum Gasteiger partial charge on any atom is 0.179 e. The Bertz CT molecular complexity index is 750. The van der Waals surface area contributed by atoms with Crippen LogP contribution in [0, 0.1) is 0 Å². The van der Waals surface area contributed by atoms with Crippen molar-refractivity contribution in [3.8, 4) is 11.5 Å². The monoisotopic (exact) mass is 393 g/mol. The summed E-state index contributed by atoms with van der Waals surface area (Å²) in [5.74, 6) is 1.25. The van der Waals surface area contributed by atoms with Crippen LogP contribution in [0.1, 0.15) is 43.9 Å². The minimum absolute atomic E-state index is 0.0131. The third-order valence-electron chi connectivity index (χ3n) is 4.77. The van der Waals surface area contributed by atoms with Gasteiger partial charge in [0.1, 0.15) is 6.10 Å². The molecule has 2 aromatic rings. The number of hydrogen-bond acceptors (Lipinski definition) is 5. The Hall–Kier alpha value is -1.76. The molecule has 2 atom stereocenters. The van der Waals surface area contributed by atoms with E-state index < -0.39 is 0 Å². The first-order chi connectivity index (χ1) is 13.2. The molecule has 0 bridgehead atoms. The van der Waals surface area contributed by atoms with E-state index in [2.05, 4.69) is 23.5 Å². The molecule has 1 aromatic carbocycles. The van der Waals surface area contributed by atoms with Crippen LogP contribution >= 0.6 is 11.6 Å². The Morgan fingerprint density at radius 2 is 2.22 bits per heavy atom. The van der Waals surface area contributed by atoms with Gasteiger partial charge in [-0.3, -0.25) is 4.68 Å². The molecule has 1 saturated heterocycles. The second-order valence-corrected chi connectivity index (χ2v) is 7.00. The number of nitrogens with zero attached hydrogens (tertiary/aromatic N) is 2. The van der Waals surface area contributed by atoms with E-state index >= 15 is 0 Å². The molecule has 1 N–H and O–H groups in total. The molecule has 1 aliphatic rings. The van der Waals surface area contributed by atoms with Crippen LogP contribution in [0.3, 0.4) is 0 Å². The van der Waals surface area contributed by atoms with Gasteiger partial charge in [0.25, 0.3) is 0 Å². The number of benzene rings is 1. The summed E-state index contributed by atoms with van der Waals surface area (Å²) in [6, 6.07) is 4.12. The Balaban J connectivity index is 1.71. The molecule has 0 saturated carbocycles. The summed E-state index contributed by atoms with van der Waals surface area (Å²) in [6.45, 7) is 6.86. The second-order valence-electron chi connectivity index (χ2n) is 6.59. The average Bonchev–Trinajstić information content (AvgIpc) is 3.17. The van der Waals surface area contributed by atoms with Crippen molar-refractivity contribution in [3.05, 3.63) is 40.7 Å². The summed E-state index contributed by atoms with van der Waals surface area (Å²) in [5.41, 5.74) is 2.17. The molecular formula is C20H28ClN3O3. The van der Waals surface area contributed by atoms with Crippen LogP contribution in [0.25, 0.3) is 0 Å². The van der Waals surface area contributed by atoms with E-state index in [0.717, 1.165) is 37.1 Å². The van der Waals surface area contributed by atoms with Gasteiger partial charge < -0.3 is 19.5 Å². The van der Waals surface area contributed by atoms with Crippen molar-refractivity contribution < 1.29 is 14.2 Å². The van der Waals surface area contributed by atoms with Gasteiger partial charge in [-0.1, -0.05) is 11.6 Å². The predicted molar refractivity (Wildman–Crippen MR) is 106 cm³/mol. The van der Waals surface area contributed by atoms with Gasteiger partial charge in [-0.25, -0.2) is 0 Å². The fourth-order valence-corrected chi connectivity index (χ4v) is 3.71. The molecule has 3 rings (SSSR count). The number of aromatic nitrogens is 2. The van der Waals surface area contributed by atoms with Crippen LogP contribution in [-0.4, -0.2) is 36.1 Å². The minimum Gasteiger partial charge on any atom is -0.493 e. The summed E-state index contributed by atoms with van der Waals surface area (Å²) in [6.07, 6.45) is 6.10. The van der Waals surface area contributed by atoms with Gasteiger partial charge in [-0.2, -0.15) is 5.10 Å². The van der Waals surface area contributed by atoms with E-state index in [1.54, 1.807) is 7.11 Å². The molecule has 148 valence electrons. The average molecular weight is 394 g/mol. The zero-order chi connectivity index (χ0) is 19.2. The number of rotatable bonds is 8. The number of nitrogens with one attached hydrogen (secondary N) is 1. The van der Waals surface area contributed by atoms with E-state index in [4.69, 9.17) is 25.8 Å². The lowest BCUT2D eigenvalue weighted by Gasteiger charge is -2.32. The zero-order valence-electron chi connectivity index (χ0n) is 16.2. The Morgan fingerprint density at radius 1 is 1.37 bits per heavy atom. The van der Waals surface area contributed by atoms with Crippen LogP contribution in [0.2, 0.25) is 5.02 Å². The molecule has 7 heteroatoms. The number of ether oxygens (including phenoxy) is 3. The molecule has 0 radical (unpaired) electrons. The smallest absolute Gasteiger partial charge is 0.179 e. The summed E-state index contributed by atoms with van der Waals surface area (Å²) in [7, 11) is 1.63. The fraction of sp³-hybridized carbons (Fsp3) is 0.550. The quantitative estimate of drug-likeness (QED) is 0.735. The van der Waals surface area contributed by atoms with Gasteiger partial charge in [-0.05, 0) is 44.4 Å². The molecule has 1 aliphatic heterocycles. The third-order valence-corrected chi connectivity index (χ3v) is 5.06. The van der Waals surface area contributed by atoms with Crippen molar-refractivity contribution >= 4 is 11.6 Å². The molecule has 0 spiro atoms.